The van der Waals surface area contributed by atoms with Crippen LogP contribution in [0.3, 0.4) is 0 Å². The van der Waals surface area contributed by atoms with Crippen molar-refractivity contribution in [1.82, 2.24) is 36.6 Å². The number of carbonyl (C=O) groups excluding carboxylic acids is 6. The van der Waals surface area contributed by atoms with Crippen molar-refractivity contribution in [3.05, 3.63) is 60.2 Å². The summed E-state index contributed by atoms with van der Waals surface area (Å²) >= 11 is 0. The van der Waals surface area contributed by atoms with Crippen LogP contribution in [0, 0.1) is 0 Å². The fourth-order valence-electron chi connectivity index (χ4n) is 5.55. The van der Waals surface area contributed by atoms with E-state index < -0.39 is 54.5 Å². The summed E-state index contributed by atoms with van der Waals surface area (Å²) < 4.78 is 0. The molecule has 2 rings (SSSR count). The van der Waals surface area contributed by atoms with Crippen LogP contribution in [0.1, 0.15) is 107 Å². The average Bonchev–Trinajstić information content (AvgIpc) is 3.26. The number of nitrogens with zero attached hydrogens (tertiary/aromatic N) is 2. The van der Waals surface area contributed by atoms with Crippen LogP contribution >= 0.6 is 0 Å². The van der Waals surface area contributed by atoms with E-state index in [0.717, 1.165) is 11.4 Å². The van der Waals surface area contributed by atoms with Crippen LogP contribution in [-0.4, -0.2) is 124 Å². The van der Waals surface area contributed by atoms with Gasteiger partial charge in [-0.1, -0.05) is 25.0 Å². The molecule has 2 aromatic heterocycles. The smallest absolute Gasteiger partial charge is 1.00 e. The first-order valence-corrected chi connectivity index (χ1v) is 19.1. The zero-order chi connectivity index (χ0) is 46.4. The molecule has 0 fully saturated rings. The van der Waals surface area contributed by atoms with E-state index in [1.54, 1.807) is 12.4 Å². The summed E-state index contributed by atoms with van der Waals surface area (Å²) in [6, 6.07) is 6.27. The van der Waals surface area contributed by atoms with Crippen LogP contribution in [0.15, 0.2) is 48.8 Å². The van der Waals surface area contributed by atoms with Crippen LogP contribution in [0.25, 0.3) is 0 Å². The summed E-state index contributed by atoms with van der Waals surface area (Å²) in [6.45, 7) is 14.4. The molecule has 9 N–H and O–H groups in total. The topological polar surface area (TPSA) is 338 Å². The first-order chi connectivity index (χ1) is 29.4. The molecule has 0 aliphatic rings. The number of carboxylic acid groups (broad SMARTS) is 4. The molecule has 3 atom stereocenters. The number of halogens is 7. The maximum absolute atomic E-state index is 12.4. The van der Waals surface area contributed by atoms with E-state index in [-0.39, 0.29) is 196 Å². The van der Waals surface area contributed by atoms with Gasteiger partial charge >= 0.3 is 50.3 Å². The molecule has 21 nitrogen and oxygen atoms in total. The van der Waals surface area contributed by atoms with E-state index in [1.807, 2.05) is 36.4 Å². The molecule has 0 aliphatic heterocycles. The number of aliphatic carboxylic acids is 4. The van der Waals surface area contributed by atoms with Crippen molar-refractivity contribution in [3.8, 4) is 0 Å². The van der Waals surface area contributed by atoms with Gasteiger partial charge in [0.15, 0.2) is 0 Å². The normalized spacial score (nSPS) is 10.2. The van der Waals surface area contributed by atoms with Crippen molar-refractivity contribution in [2.45, 2.75) is 114 Å². The summed E-state index contributed by atoms with van der Waals surface area (Å²) in [5.41, 5.74) is 1.65. The Morgan fingerprint density at radius 1 is 0.478 bits per heavy atom. The third kappa shape index (κ3) is 46.2. The summed E-state index contributed by atoms with van der Waals surface area (Å²) in [4.78, 5) is 113. The van der Waals surface area contributed by atoms with Gasteiger partial charge in [0.2, 0.25) is 11.8 Å². The molecule has 29 heteroatoms. The number of hydrogen-bond acceptors (Lipinski definition) is 13. The van der Waals surface area contributed by atoms with Gasteiger partial charge in [-0.05, 0) is 88.6 Å². The van der Waals surface area contributed by atoms with E-state index in [0.29, 0.717) is 57.9 Å². The predicted octanol–water partition coefficient (Wildman–Crippen LogP) is -19.6. The molecular formula is C40H53Br7N7O14Re. The molecule has 0 bridgehead atoms. The SMILES string of the molecule is O=C(O)CCC(NC(=O)NC(CCCCNC(=O)CCCCCCC(=O)NC(CCCCNC(c1ccccn1)c1ccccn1)C(=O)O)C(=O)O)C(=O)O.[Br-].[Br-].[Br-].[Br-].[Br-].[Br-].[Br-].[C]=O.[C]=O.[C]=O.[Re+7]. The standard InChI is InChI=1S/C37H53N7O11.3CO.7BrH.Re/c45-30(40-23-11-7-16-28(35(51)52)43-37(55)44-29(36(53)54)19-20-32(47)48)17-3-1-2-4-18-31(46)42-27(34(49)50)15-8-12-24-41-33(25-13-5-9-21-38-25)26-14-6-10-22-39-26;3*1-2;;;;;;;;/h5-6,9-10,13-14,21-22,27-29,33,41H,1-4,7-8,11-12,15-20,23-24H2,(H,40,45)(H,42,46)(H,47,48)(H,49,50)(H,51,52)(H,53,54)(H2,43,44,55);;;;7*1H;/q;;;;;;;;;;;+7/p-7. The number of rotatable bonds is 29. The molecule has 6 radical (unpaired) electrons. The zero-order valence-corrected chi connectivity index (χ0v) is 50.3. The van der Waals surface area contributed by atoms with Gasteiger partial charge in [0.25, 0.3) is 20.4 Å². The summed E-state index contributed by atoms with van der Waals surface area (Å²) in [7, 11) is 0. The van der Waals surface area contributed by atoms with Gasteiger partial charge in [-0.3, -0.25) is 38.7 Å². The van der Waals surface area contributed by atoms with Crippen molar-refractivity contribution in [2.75, 3.05) is 13.1 Å². The van der Waals surface area contributed by atoms with Crippen molar-refractivity contribution < 1.29 is 208 Å². The molecule has 2 heterocycles. The number of urea groups is 1. The van der Waals surface area contributed by atoms with Gasteiger partial charge < -0.3 is 166 Å². The van der Waals surface area contributed by atoms with Crippen LogP contribution < -0.4 is 145 Å². The van der Waals surface area contributed by atoms with Gasteiger partial charge in [-0.25, -0.2) is 19.2 Å². The Bertz CT molecular complexity index is 1570. The minimum atomic E-state index is -1.50. The second kappa shape index (κ2) is 59.7. The first-order valence-electron chi connectivity index (χ1n) is 19.1. The fraction of sp³-hybridized carbons (Fsp3) is 0.500. The molecule has 4 amide bonds. The van der Waals surface area contributed by atoms with Gasteiger partial charge in [0, 0.05) is 38.2 Å². The second-order valence-corrected chi connectivity index (χ2v) is 12.9. The number of nitrogens with one attached hydrogen (secondary N) is 5. The summed E-state index contributed by atoms with van der Waals surface area (Å²) in [5, 5.41) is 49.9. The summed E-state index contributed by atoms with van der Waals surface area (Å²) in [5.74, 6) is -5.63. The Labute approximate surface area is 489 Å². The minimum Gasteiger partial charge on any atom is -1.00 e. The van der Waals surface area contributed by atoms with Crippen molar-refractivity contribution >= 4 is 62.1 Å². The summed E-state index contributed by atoms with van der Waals surface area (Å²) in [6.07, 6.45) is 7.85. The Kier molecular flexibility index (Phi) is 77.2. The Morgan fingerprint density at radius 2 is 0.870 bits per heavy atom. The molecule has 69 heavy (non-hydrogen) atoms. The molecule has 0 saturated carbocycles. The van der Waals surface area contributed by atoms with Gasteiger partial charge in [-0.15, -0.1) is 0 Å². The third-order valence-corrected chi connectivity index (χ3v) is 8.52. The monoisotopic (exact) mass is 1590 g/mol. The number of pyridine rings is 2. The molecule has 0 saturated heterocycles. The second-order valence-electron chi connectivity index (χ2n) is 12.9. The minimum absolute atomic E-state index is 0. The molecule has 388 valence electrons. The quantitative estimate of drug-likeness (QED) is 0.0342. The zero-order valence-electron chi connectivity index (χ0n) is 36.5. The number of aromatic nitrogens is 2. The van der Waals surface area contributed by atoms with Gasteiger partial charge in [0.05, 0.1) is 17.4 Å². The number of unbranched alkanes of at least 4 members (excludes halogenated alkanes) is 5. The largest absolute Gasteiger partial charge is 7.00 e. The maximum atomic E-state index is 12.4. The fourth-order valence-corrected chi connectivity index (χ4v) is 5.55. The average molecular weight is 1600 g/mol. The Hall–Kier alpha value is -2.62. The molecule has 2 aromatic rings. The van der Waals surface area contributed by atoms with E-state index in [2.05, 4.69) is 56.9 Å². The maximum Gasteiger partial charge on any atom is 7.00 e. The molecule has 3 unspecified atom stereocenters. The van der Waals surface area contributed by atoms with Crippen LogP contribution in [0.4, 0.5) is 4.79 Å². The van der Waals surface area contributed by atoms with E-state index in [9.17, 15) is 43.8 Å². The molecular weight excluding hydrogens is 1550 g/mol. The van der Waals surface area contributed by atoms with Crippen LogP contribution in [0.5, 0.6) is 0 Å². The van der Waals surface area contributed by atoms with E-state index >= 15 is 0 Å². The van der Waals surface area contributed by atoms with Crippen molar-refractivity contribution in [1.29, 1.82) is 0 Å². The number of hydrogen-bond donors (Lipinski definition) is 9. The van der Waals surface area contributed by atoms with Crippen molar-refractivity contribution in [3.63, 3.8) is 0 Å². The third-order valence-electron chi connectivity index (χ3n) is 8.52. The van der Waals surface area contributed by atoms with Crippen LogP contribution in [-0.2, 0) is 63.6 Å². The number of amides is 4. The van der Waals surface area contributed by atoms with Crippen molar-refractivity contribution in [2.24, 2.45) is 0 Å². The molecule has 0 spiro atoms. The van der Waals surface area contributed by atoms with Gasteiger partial charge in [0.1, 0.15) is 18.1 Å². The van der Waals surface area contributed by atoms with E-state index in [4.69, 9.17) is 24.6 Å². The van der Waals surface area contributed by atoms with Crippen LogP contribution in [0.2, 0.25) is 0 Å². The Morgan fingerprint density at radius 3 is 1.26 bits per heavy atom. The van der Waals surface area contributed by atoms with E-state index in [1.165, 1.54) is 0 Å². The number of carbonyl (C=O) groups is 7. The Balaban J connectivity index is -0.000000298. The number of carboxylic acids is 4. The van der Waals surface area contributed by atoms with Gasteiger partial charge in [-0.2, -0.15) is 0 Å². The molecule has 0 aliphatic carbocycles. The predicted molar refractivity (Wildman–Crippen MR) is 215 cm³/mol. The first kappa shape index (κ1) is 89.3. The molecule has 0 aromatic carbocycles.